The molecular weight excluding hydrogens is 268 g/mol. The molecule has 0 aromatic heterocycles. The van der Waals surface area contributed by atoms with Crippen LogP contribution < -0.4 is 0 Å². The van der Waals surface area contributed by atoms with Crippen molar-refractivity contribution in [2.75, 3.05) is 21.3 Å². The molecule has 114 valence electrons. The number of rotatable bonds is 6. The monoisotopic (exact) mass is 290 g/mol. The van der Waals surface area contributed by atoms with E-state index in [1.165, 1.54) is 21.3 Å². The largest absolute Gasteiger partial charge is 0.493 e. The summed E-state index contributed by atoms with van der Waals surface area (Å²) in [6.07, 6.45) is 4.49. The fraction of sp³-hybridized carbons (Fsp3) is 0.588. The molecule has 0 saturated heterocycles. The summed E-state index contributed by atoms with van der Waals surface area (Å²) in [6.45, 7) is 2.14. The number of hydrogen-bond donors (Lipinski definition) is 0. The summed E-state index contributed by atoms with van der Waals surface area (Å²) in [5.74, 6) is 12.2. The number of unbranched alkanes of at least 4 members (excludes halogenated alkanes) is 3. The maximum Gasteiger partial charge on any atom is 0.256 e. The Morgan fingerprint density at radius 3 is 2.24 bits per heavy atom. The van der Waals surface area contributed by atoms with Crippen LogP contribution in [0.3, 0.4) is 0 Å². The van der Waals surface area contributed by atoms with E-state index in [2.05, 4.69) is 30.6 Å². The maximum absolute atomic E-state index is 12.0. The van der Waals surface area contributed by atoms with E-state index in [-0.39, 0.29) is 11.5 Å². The highest BCUT2D eigenvalue weighted by atomic mass is 16.6. The minimum Gasteiger partial charge on any atom is -0.493 e. The predicted molar refractivity (Wildman–Crippen MR) is 80.1 cm³/mol. The smallest absolute Gasteiger partial charge is 0.256 e. The Balaban J connectivity index is 2.64. The van der Waals surface area contributed by atoms with Gasteiger partial charge < -0.3 is 14.2 Å². The Bertz CT molecular complexity index is 524. The Kier molecular flexibility index (Phi) is 6.85. The lowest BCUT2D eigenvalue weighted by atomic mass is 9.83. The molecule has 4 nitrogen and oxygen atoms in total. The van der Waals surface area contributed by atoms with Gasteiger partial charge in [-0.2, -0.15) is 0 Å². The van der Waals surface area contributed by atoms with E-state index in [4.69, 9.17) is 14.2 Å². The van der Waals surface area contributed by atoms with Crippen LogP contribution in [0.5, 0.6) is 0 Å². The quantitative estimate of drug-likeness (QED) is 0.557. The molecule has 0 fully saturated rings. The number of carbonyl (C=O) groups is 1. The van der Waals surface area contributed by atoms with Crippen LogP contribution in [0.1, 0.15) is 39.0 Å². The number of ether oxygens (including phenoxy) is 3. The van der Waals surface area contributed by atoms with Gasteiger partial charge in [0.1, 0.15) is 0 Å². The van der Waals surface area contributed by atoms with Crippen molar-refractivity contribution in [1.82, 2.24) is 0 Å². The third-order valence-corrected chi connectivity index (χ3v) is 3.19. The van der Waals surface area contributed by atoms with Crippen LogP contribution in [0.15, 0.2) is 11.5 Å². The van der Waals surface area contributed by atoms with Crippen LogP contribution in [0, 0.1) is 23.7 Å². The van der Waals surface area contributed by atoms with Crippen LogP contribution >= 0.6 is 0 Å². The van der Waals surface area contributed by atoms with Crippen molar-refractivity contribution in [3.05, 3.63) is 11.5 Å². The summed E-state index contributed by atoms with van der Waals surface area (Å²) in [5, 5.41) is 0. The molecular formula is C17H22O4. The molecule has 0 aliphatic heterocycles. The summed E-state index contributed by atoms with van der Waals surface area (Å²) in [6, 6.07) is 0. The molecule has 0 aromatic carbocycles. The average Bonchev–Trinajstić information content (AvgIpc) is 2.50. The highest BCUT2D eigenvalue weighted by Crippen LogP contribution is 2.38. The Labute approximate surface area is 126 Å². The van der Waals surface area contributed by atoms with Gasteiger partial charge in [-0.05, 0) is 6.42 Å². The number of ketones is 1. The Hall–Kier alpha value is -1.91. The van der Waals surface area contributed by atoms with Gasteiger partial charge in [0.2, 0.25) is 5.76 Å². The van der Waals surface area contributed by atoms with Gasteiger partial charge in [-0.25, -0.2) is 0 Å². The fourth-order valence-corrected chi connectivity index (χ4v) is 1.99. The molecule has 1 atom stereocenters. The predicted octanol–water partition coefficient (Wildman–Crippen LogP) is 2.44. The highest BCUT2D eigenvalue weighted by Gasteiger charge is 2.57. The van der Waals surface area contributed by atoms with Crippen LogP contribution in [-0.4, -0.2) is 32.7 Å². The Morgan fingerprint density at radius 1 is 1.00 bits per heavy atom. The molecule has 0 aromatic rings. The third-order valence-electron chi connectivity index (χ3n) is 3.19. The summed E-state index contributed by atoms with van der Waals surface area (Å²) < 4.78 is 15.4. The second-order valence-electron chi connectivity index (χ2n) is 4.54. The first kappa shape index (κ1) is 17.1. The molecule has 21 heavy (non-hydrogen) atoms. The van der Waals surface area contributed by atoms with E-state index in [0.29, 0.717) is 18.6 Å². The van der Waals surface area contributed by atoms with Crippen molar-refractivity contribution in [2.24, 2.45) is 0 Å². The molecule has 1 aliphatic carbocycles. The van der Waals surface area contributed by atoms with Gasteiger partial charge in [0.25, 0.3) is 11.4 Å². The minimum absolute atomic E-state index is 0.174. The molecule has 0 heterocycles. The molecule has 1 aliphatic rings. The minimum atomic E-state index is -1.31. The summed E-state index contributed by atoms with van der Waals surface area (Å²) in [4.78, 5) is 12.0. The summed E-state index contributed by atoms with van der Waals surface area (Å²) in [7, 11) is 4.32. The van der Waals surface area contributed by atoms with Gasteiger partial charge >= 0.3 is 0 Å². The van der Waals surface area contributed by atoms with E-state index in [1.807, 2.05) is 0 Å². The van der Waals surface area contributed by atoms with Crippen LogP contribution in [0.4, 0.5) is 0 Å². The molecule has 4 heteroatoms. The van der Waals surface area contributed by atoms with Gasteiger partial charge in [0, 0.05) is 26.4 Å². The lowest BCUT2D eigenvalue weighted by Gasteiger charge is -2.35. The zero-order valence-electron chi connectivity index (χ0n) is 13.2. The van der Waals surface area contributed by atoms with Crippen molar-refractivity contribution in [2.45, 2.75) is 44.6 Å². The van der Waals surface area contributed by atoms with Crippen molar-refractivity contribution >= 4 is 5.78 Å². The van der Waals surface area contributed by atoms with Crippen LogP contribution in [0.25, 0.3) is 0 Å². The van der Waals surface area contributed by atoms with Gasteiger partial charge in [0.15, 0.2) is 5.76 Å². The van der Waals surface area contributed by atoms with Crippen molar-refractivity contribution < 1.29 is 19.0 Å². The second kappa shape index (κ2) is 8.39. The third kappa shape index (κ3) is 3.60. The fourth-order valence-electron chi connectivity index (χ4n) is 1.99. The zero-order valence-corrected chi connectivity index (χ0v) is 13.2. The summed E-state index contributed by atoms with van der Waals surface area (Å²) in [5.41, 5.74) is -1.31. The standard InChI is InChI=1S/C17H22O4/c1-5-6-7-8-9-10-11-12-13-17(21-4)15(18)14(19-2)16(17)20-3/h5-7,10-11H2,1-4H3. The van der Waals surface area contributed by atoms with E-state index in [9.17, 15) is 4.79 Å². The van der Waals surface area contributed by atoms with E-state index in [0.717, 1.165) is 19.3 Å². The lowest BCUT2D eigenvalue weighted by molar-refractivity contribution is -0.142. The number of methoxy groups -OCH3 is 3. The van der Waals surface area contributed by atoms with Crippen molar-refractivity contribution in [3.8, 4) is 23.7 Å². The van der Waals surface area contributed by atoms with E-state index in [1.54, 1.807) is 0 Å². The average molecular weight is 290 g/mol. The topological polar surface area (TPSA) is 44.8 Å². The first-order valence-corrected chi connectivity index (χ1v) is 7.06. The Morgan fingerprint density at radius 2 is 1.67 bits per heavy atom. The van der Waals surface area contributed by atoms with Crippen LogP contribution in [-0.2, 0) is 19.0 Å². The highest BCUT2D eigenvalue weighted by molar-refractivity contribution is 6.12. The maximum atomic E-state index is 12.0. The van der Waals surface area contributed by atoms with E-state index >= 15 is 0 Å². The molecule has 1 rings (SSSR count). The van der Waals surface area contributed by atoms with Crippen molar-refractivity contribution in [1.29, 1.82) is 0 Å². The molecule has 0 bridgehead atoms. The molecule has 0 radical (unpaired) electrons. The van der Waals surface area contributed by atoms with E-state index < -0.39 is 5.60 Å². The first-order valence-electron chi connectivity index (χ1n) is 7.06. The van der Waals surface area contributed by atoms with Gasteiger partial charge in [-0.1, -0.05) is 25.2 Å². The van der Waals surface area contributed by atoms with Gasteiger partial charge in [-0.15, -0.1) is 11.8 Å². The summed E-state index contributed by atoms with van der Waals surface area (Å²) >= 11 is 0. The van der Waals surface area contributed by atoms with Gasteiger partial charge in [0.05, 0.1) is 14.2 Å². The number of hydrogen-bond acceptors (Lipinski definition) is 4. The number of carbonyl (C=O) groups excluding carboxylic acids is 1. The molecule has 0 spiro atoms. The number of Topliss-reactive ketones (excluding diaryl/α,β-unsaturated/α-hetero) is 1. The van der Waals surface area contributed by atoms with Crippen LogP contribution in [0.2, 0.25) is 0 Å². The molecule has 0 saturated carbocycles. The SMILES string of the molecule is CCCCC#CCCC#CC1(OC)C(=O)C(OC)=C1OC. The molecule has 0 N–H and O–H groups in total. The second-order valence-corrected chi connectivity index (χ2v) is 4.54. The molecule has 0 amide bonds. The first-order chi connectivity index (χ1) is 10.2. The molecule has 1 unspecified atom stereocenters. The normalized spacial score (nSPS) is 19.9. The van der Waals surface area contributed by atoms with Crippen molar-refractivity contribution in [3.63, 3.8) is 0 Å². The zero-order chi connectivity index (χ0) is 15.7. The lowest BCUT2D eigenvalue weighted by Crippen LogP contribution is -2.52. The van der Waals surface area contributed by atoms with Gasteiger partial charge in [-0.3, -0.25) is 4.79 Å².